The average molecular weight is 485 g/mol. The number of hydrogen-bond donors (Lipinski definition) is 0. The fourth-order valence-electron chi connectivity index (χ4n) is 4.92. The van der Waals surface area contributed by atoms with Gasteiger partial charge in [-0.25, -0.2) is 0 Å². The summed E-state index contributed by atoms with van der Waals surface area (Å²) in [7, 11) is 0. The van der Waals surface area contributed by atoms with Crippen LogP contribution in [0.1, 0.15) is 81.8 Å². The molecule has 4 aromatic carbocycles. The minimum Gasteiger partial charge on any atom is -0.295 e. The lowest BCUT2D eigenvalue weighted by atomic mass is 9.64. The molecule has 184 valence electrons. The third-order valence-electron chi connectivity index (χ3n) is 7.07. The van der Waals surface area contributed by atoms with Gasteiger partial charge in [-0.15, -0.1) is 0 Å². The molecule has 0 heterocycles. The molecule has 0 saturated heterocycles. The van der Waals surface area contributed by atoms with Crippen LogP contribution in [0.3, 0.4) is 0 Å². The highest BCUT2D eigenvalue weighted by Crippen LogP contribution is 2.45. The van der Waals surface area contributed by atoms with Crippen LogP contribution in [0.5, 0.6) is 0 Å². The van der Waals surface area contributed by atoms with Crippen molar-refractivity contribution in [2.45, 2.75) is 33.1 Å². The summed E-state index contributed by atoms with van der Waals surface area (Å²) in [5.74, 6) is 0.0548. The lowest BCUT2D eigenvalue weighted by Crippen LogP contribution is -2.31. The van der Waals surface area contributed by atoms with Gasteiger partial charge < -0.3 is 0 Å². The maximum atomic E-state index is 12.1. The van der Waals surface area contributed by atoms with Crippen LogP contribution < -0.4 is 0 Å². The van der Waals surface area contributed by atoms with Gasteiger partial charge in [0.25, 0.3) is 0 Å². The number of carbonyl (C=O) groups is 2. The summed E-state index contributed by atoms with van der Waals surface area (Å²) in [4.78, 5) is 24.1. The van der Waals surface area contributed by atoms with Gasteiger partial charge >= 0.3 is 0 Å². The van der Waals surface area contributed by atoms with Crippen molar-refractivity contribution in [2.75, 3.05) is 0 Å². The van der Waals surface area contributed by atoms with Gasteiger partial charge in [-0.05, 0) is 61.1 Å². The molecule has 0 aliphatic rings. The van der Waals surface area contributed by atoms with E-state index in [4.69, 9.17) is 0 Å². The molecular weight excluding hydrogens is 452 g/mol. The topological polar surface area (TPSA) is 34.1 Å². The average Bonchev–Trinajstić information content (AvgIpc) is 2.90. The van der Waals surface area contributed by atoms with Gasteiger partial charge in [0.05, 0.1) is 5.41 Å². The summed E-state index contributed by atoms with van der Waals surface area (Å²) in [6, 6.07) is 32.7. The summed E-state index contributed by atoms with van der Waals surface area (Å²) >= 11 is 0. The van der Waals surface area contributed by atoms with E-state index < -0.39 is 5.41 Å². The van der Waals surface area contributed by atoms with Gasteiger partial charge in [0.15, 0.2) is 11.6 Å². The first-order valence-corrected chi connectivity index (χ1v) is 12.4. The van der Waals surface area contributed by atoms with Crippen molar-refractivity contribution in [3.63, 3.8) is 0 Å². The molecule has 37 heavy (non-hydrogen) atoms. The molecule has 2 nitrogen and oxygen atoms in total. The zero-order valence-electron chi connectivity index (χ0n) is 22.0. The van der Waals surface area contributed by atoms with Gasteiger partial charge in [0, 0.05) is 11.1 Å². The van der Waals surface area contributed by atoms with E-state index in [1.54, 1.807) is 13.8 Å². The second kappa shape index (κ2) is 10.4. The lowest BCUT2D eigenvalue weighted by molar-refractivity contribution is 0.100. The normalized spacial score (nSPS) is 11.1. The maximum Gasteiger partial charge on any atom is 0.159 e. The third kappa shape index (κ3) is 4.88. The molecule has 0 bridgehead atoms. The minimum atomic E-state index is -0.689. The first kappa shape index (κ1) is 25.8. The van der Waals surface area contributed by atoms with Crippen LogP contribution in [-0.2, 0) is 5.41 Å². The molecule has 0 aromatic heterocycles. The van der Waals surface area contributed by atoms with Gasteiger partial charge in [-0.2, -0.15) is 0 Å². The van der Waals surface area contributed by atoms with Crippen LogP contribution in [-0.4, -0.2) is 11.6 Å². The van der Waals surface area contributed by atoms with E-state index in [0.717, 1.165) is 44.5 Å². The van der Waals surface area contributed by atoms with E-state index in [9.17, 15) is 9.59 Å². The molecule has 0 aliphatic carbocycles. The fourth-order valence-corrected chi connectivity index (χ4v) is 4.92. The van der Waals surface area contributed by atoms with Crippen molar-refractivity contribution in [3.8, 4) is 0 Å². The summed E-state index contributed by atoms with van der Waals surface area (Å²) in [6.07, 6.45) is 0. The van der Waals surface area contributed by atoms with E-state index in [-0.39, 0.29) is 11.6 Å². The summed E-state index contributed by atoms with van der Waals surface area (Å²) in [5, 5.41) is 0. The highest BCUT2D eigenvalue weighted by Gasteiger charge is 2.38. The predicted octanol–water partition coefficient (Wildman–Crippen LogP) is 8.54. The molecule has 0 spiro atoms. The number of hydrogen-bond acceptors (Lipinski definition) is 2. The number of allylic oxidation sites excluding steroid dienone is 2. The molecule has 0 aliphatic heterocycles. The molecule has 4 aromatic rings. The Bertz CT molecular complexity index is 1230. The standard InChI is InChI=1S/C35H32O2/c1-23(2)27-7-15-31(16-8-27)35(32-17-9-28(10-18-32)24(3)4,33-19-11-29(12-20-33)25(5)36)34-21-13-30(14-22-34)26(6)37/h7-22H,1,3H2,2,4-6H3. The SMILES string of the molecule is C=C(C)c1ccc(C(c2ccc(C(=C)C)cc2)(c2ccc(C(C)=O)cc2)c2ccc(C(C)=O)cc2)cc1. The van der Waals surface area contributed by atoms with Crippen LogP contribution in [0, 0.1) is 0 Å². The smallest absolute Gasteiger partial charge is 0.159 e. The van der Waals surface area contributed by atoms with Crippen molar-refractivity contribution >= 4 is 22.7 Å². The molecule has 4 rings (SSSR count). The van der Waals surface area contributed by atoms with Gasteiger partial charge in [0.1, 0.15) is 0 Å². The maximum absolute atomic E-state index is 12.1. The van der Waals surface area contributed by atoms with Crippen molar-refractivity contribution in [2.24, 2.45) is 0 Å². The van der Waals surface area contributed by atoms with Crippen LogP contribution in [0.2, 0.25) is 0 Å². The number of rotatable bonds is 8. The monoisotopic (exact) mass is 484 g/mol. The molecule has 2 heteroatoms. The number of Topliss-reactive ketones (excluding diaryl/α,β-unsaturated/α-hetero) is 2. The van der Waals surface area contributed by atoms with Gasteiger partial charge in [0.2, 0.25) is 0 Å². The van der Waals surface area contributed by atoms with Crippen molar-refractivity contribution in [1.82, 2.24) is 0 Å². The molecule has 0 amide bonds. The Morgan fingerprint density at radius 3 is 0.838 bits per heavy atom. The number of carbonyl (C=O) groups excluding carboxylic acids is 2. The van der Waals surface area contributed by atoms with Crippen molar-refractivity contribution < 1.29 is 9.59 Å². The second-order valence-electron chi connectivity index (χ2n) is 9.73. The second-order valence-corrected chi connectivity index (χ2v) is 9.73. The number of ketones is 2. The van der Waals surface area contributed by atoms with Crippen LogP contribution in [0.15, 0.2) is 110 Å². The quantitative estimate of drug-likeness (QED) is 0.185. The molecule has 0 N–H and O–H groups in total. The van der Waals surface area contributed by atoms with Gasteiger partial charge in [-0.1, -0.05) is 121 Å². The first-order chi connectivity index (χ1) is 17.6. The minimum absolute atomic E-state index is 0.0274. The Balaban J connectivity index is 2.09. The van der Waals surface area contributed by atoms with Crippen molar-refractivity contribution in [3.05, 3.63) is 155 Å². The zero-order valence-corrected chi connectivity index (χ0v) is 22.0. The summed E-state index contributed by atoms with van der Waals surface area (Å²) in [6.45, 7) is 15.4. The first-order valence-electron chi connectivity index (χ1n) is 12.4. The molecule has 0 saturated carbocycles. The van der Waals surface area contributed by atoms with E-state index in [1.807, 2.05) is 62.4 Å². The van der Waals surface area contributed by atoms with Crippen LogP contribution >= 0.6 is 0 Å². The summed E-state index contributed by atoms with van der Waals surface area (Å²) in [5.41, 5.74) is 9.00. The molecular formula is C35H32O2. The van der Waals surface area contributed by atoms with Crippen LogP contribution in [0.4, 0.5) is 0 Å². The Kier molecular flexibility index (Phi) is 7.22. The van der Waals surface area contributed by atoms with Crippen LogP contribution in [0.25, 0.3) is 11.1 Å². The third-order valence-corrected chi connectivity index (χ3v) is 7.07. The Morgan fingerprint density at radius 2 is 0.649 bits per heavy atom. The molecule has 0 fully saturated rings. The highest BCUT2D eigenvalue weighted by molar-refractivity contribution is 5.94. The zero-order chi connectivity index (χ0) is 26.7. The van der Waals surface area contributed by atoms with E-state index in [1.165, 1.54) is 0 Å². The Morgan fingerprint density at radius 1 is 0.432 bits per heavy atom. The Hall–Kier alpha value is -4.30. The molecule has 0 radical (unpaired) electrons. The molecule has 0 unspecified atom stereocenters. The van der Waals surface area contributed by atoms with E-state index >= 15 is 0 Å². The van der Waals surface area contributed by atoms with Gasteiger partial charge in [-0.3, -0.25) is 9.59 Å². The van der Waals surface area contributed by atoms with E-state index in [0.29, 0.717) is 11.1 Å². The van der Waals surface area contributed by atoms with Crippen molar-refractivity contribution in [1.29, 1.82) is 0 Å². The Labute approximate surface area is 220 Å². The number of benzene rings is 4. The van der Waals surface area contributed by atoms with E-state index in [2.05, 4.69) is 61.7 Å². The lowest BCUT2D eigenvalue weighted by Gasteiger charge is -2.37. The highest BCUT2D eigenvalue weighted by atomic mass is 16.1. The predicted molar refractivity (Wildman–Crippen MR) is 154 cm³/mol. The largest absolute Gasteiger partial charge is 0.295 e. The fraction of sp³-hybridized carbons (Fsp3) is 0.143. The summed E-state index contributed by atoms with van der Waals surface area (Å²) < 4.78 is 0. The molecule has 0 atom stereocenters.